The quantitative estimate of drug-likeness (QED) is 0.222. The molecule has 5 aliphatic carbocycles. The lowest BCUT2D eigenvalue weighted by molar-refractivity contribution is -0.248. The second-order valence-corrected chi connectivity index (χ2v) is 17.1. The molecular weight excluding hydrogens is 516 g/mol. The van der Waals surface area contributed by atoms with E-state index in [4.69, 9.17) is 4.74 Å². The third kappa shape index (κ3) is 4.29. The Balaban J connectivity index is 1.22. The molecule has 0 radical (unpaired) electrons. The van der Waals surface area contributed by atoms with Gasteiger partial charge in [0, 0.05) is 11.5 Å². The third-order valence-electron chi connectivity index (χ3n) is 15.0. The SMILES string of the molecule is C=C(C)C1CC[C@]2(C)CC[C@]3(C)[C@H](CC[C@@H]4[C@@]5(C)CC[C@H](OC(=O)/C=C/c6ccc(O)cc6)C(C)(C)C5CC[C@]43C)C12. The summed E-state index contributed by atoms with van der Waals surface area (Å²) >= 11 is 0. The van der Waals surface area contributed by atoms with E-state index in [9.17, 15) is 9.90 Å². The fourth-order valence-electron chi connectivity index (χ4n) is 12.6. The van der Waals surface area contributed by atoms with Crippen LogP contribution in [-0.2, 0) is 9.53 Å². The molecule has 0 heterocycles. The van der Waals surface area contributed by atoms with Crippen molar-refractivity contribution in [3.8, 4) is 5.75 Å². The van der Waals surface area contributed by atoms with Crippen LogP contribution in [0.3, 0.4) is 0 Å². The van der Waals surface area contributed by atoms with Crippen molar-refractivity contribution in [3.05, 3.63) is 48.1 Å². The maximum absolute atomic E-state index is 13.0. The molecule has 42 heavy (non-hydrogen) atoms. The molecule has 230 valence electrons. The number of esters is 1. The summed E-state index contributed by atoms with van der Waals surface area (Å²) in [5.74, 6) is 3.57. The molecule has 1 aromatic rings. The fraction of sp³-hybridized carbons (Fsp3) is 0.718. The molecule has 3 unspecified atom stereocenters. The van der Waals surface area contributed by atoms with E-state index < -0.39 is 0 Å². The van der Waals surface area contributed by atoms with E-state index in [2.05, 4.69) is 55.0 Å². The van der Waals surface area contributed by atoms with Gasteiger partial charge in [-0.25, -0.2) is 4.79 Å². The van der Waals surface area contributed by atoms with Gasteiger partial charge in [0.05, 0.1) is 0 Å². The monoisotopic (exact) mass is 572 g/mol. The second kappa shape index (κ2) is 10.00. The number of phenols is 1. The highest BCUT2D eigenvalue weighted by Gasteiger charge is 2.70. The molecule has 10 atom stereocenters. The molecule has 6 rings (SSSR count). The summed E-state index contributed by atoms with van der Waals surface area (Å²) in [5.41, 5.74) is 3.78. The average Bonchev–Trinajstić information content (AvgIpc) is 3.28. The van der Waals surface area contributed by atoms with Crippen molar-refractivity contribution in [2.75, 3.05) is 0 Å². The maximum Gasteiger partial charge on any atom is 0.331 e. The first-order valence-electron chi connectivity index (χ1n) is 17.0. The van der Waals surface area contributed by atoms with Crippen LogP contribution in [0.5, 0.6) is 5.75 Å². The second-order valence-electron chi connectivity index (χ2n) is 17.1. The lowest BCUT2D eigenvalue weighted by Crippen LogP contribution is -2.66. The van der Waals surface area contributed by atoms with Gasteiger partial charge in [-0.2, -0.15) is 0 Å². The third-order valence-corrected chi connectivity index (χ3v) is 15.0. The summed E-state index contributed by atoms with van der Waals surface area (Å²) in [4.78, 5) is 13.0. The van der Waals surface area contributed by atoms with Gasteiger partial charge in [-0.1, -0.05) is 65.8 Å². The highest BCUT2D eigenvalue weighted by molar-refractivity contribution is 5.87. The lowest BCUT2D eigenvalue weighted by atomic mass is 9.32. The van der Waals surface area contributed by atoms with Gasteiger partial charge < -0.3 is 9.84 Å². The van der Waals surface area contributed by atoms with Crippen molar-refractivity contribution >= 4 is 12.0 Å². The Morgan fingerprint density at radius 1 is 0.857 bits per heavy atom. The molecule has 5 aliphatic rings. The number of fused-ring (bicyclic) bond motifs is 7. The van der Waals surface area contributed by atoms with E-state index in [0.29, 0.717) is 28.1 Å². The molecule has 5 fully saturated rings. The van der Waals surface area contributed by atoms with Crippen molar-refractivity contribution in [2.24, 2.45) is 56.7 Å². The molecule has 0 bridgehead atoms. The molecule has 0 aromatic heterocycles. The lowest BCUT2D eigenvalue weighted by Gasteiger charge is -2.73. The first kappa shape index (κ1) is 30.0. The number of benzene rings is 1. The first-order valence-corrected chi connectivity index (χ1v) is 17.0. The predicted octanol–water partition coefficient (Wildman–Crippen LogP) is 9.99. The van der Waals surface area contributed by atoms with Gasteiger partial charge in [0.1, 0.15) is 11.9 Å². The number of ether oxygens (including phenoxy) is 1. The van der Waals surface area contributed by atoms with Gasteiger partial charge >= 0.3 is 5.97 Å². The number of hydrogen-bond donors (Lipinski definition) is 1. The molecule has 5 saturated carbocycles. The van der Waals surface area contributed by atoms with Gasteiger partial charge in [0.2, 0.25) is 0 Å². The number of carbonyl (C=O) groups is 1. The van der Waals surface area contributed by atoms with Gasteiger partial charge in [0.15, 0.2) is 0 Å². The number of aromatic hydroxyl groups is 1. The zero-order chi connectivity index (χ0) is 30.3. The predicted molar refractivity (Wildman–Crippen MR) is 172 cm³/mol. The number of rotatable bonds is 4. The van der Waals surface area contributed by atoms with Crippen LogP contribution < -0.4 is 0 Å². The number of hydrogen-bond acceptors (Lipinski definition) is 3. The smallest absolute Gasteiger partial charge is 0.331 e. The van der Waals surface area contributed by atoms with Crippen LogP contribution in [0.25, 0.3) is 6.08 Å². The first-order chi connectivity index (χ1) is 19.7. The van der Waals surface area contributed by atoms with Crippen LogP contribution in [0, 0.1) is 56.7 Å². The zero-order valence-corrected chi connectivity index (χ0v) is 27.5. The fourth-order valence-corrected chi connectivity index (χ4v) is 12.6. The molecule has 1 N–H and O–H groups in total. The largest absolute Gasteiger partial charge is 0.508 e. The standard InChI is InChI=1S/C39H56O3/c1-25(2)28-17-20-36(5)23-24-38(7)29(34(28)36)14-15-31-37(6)21-19-32(35(3,4)30(37)18-22-39(31,38)8)42-33(41)16-11-26-9-12-27(40)13-10-26/h9-13,16,28-32,34,40H,1,14-15,17-24H2,2-8H3/b16-11+/t28?,29-,30?,31-,32+,34?,36-,37+,38-,39-/m1/s1. The van der Waals surface area contributed by atoms with Gasteiger partial charge in [-0.15, -0.1) is 0 Å². The molecular formula is C39H56O3. The topological polar surface area (TPSA) is 46.5 Å². The van der Waals surface area contributed by atoms with Crippen molar-refractivity contribution in [2.45, 2.75) is 119 Å². The molecule has 3 nitrogen and oxygen atoms in total. The van der Waals surface area contributed by atoms with E-state index in [1.165, 1.54) is 56.9 Å². The highest BCUT2D eigenvalue weighted by atomic mass is 16.5. The van der Waals surface area contributed by atoms with E-state index >= 15 is 0 Å². The molecule has 0 aliphatic heterocycles. The number of carbonyl (C=O) groups excluding carboxylic acids is 1. The van der Waals surface area contributed by atoms with Crippen molar-refractivity contribution in [3.63, 3.8) is 0 Å². The van der Waals surface area contributed by atoms with Crippen molar-refractivity contribution < 1.29 is 14.6 Å². The van der Waals surface area contributed by atoms with Crippen LogP contribution in [0.1, 0.15) is 118 Å². The van der Waals surface area contributed by atoms with Crippen LogP contribution in [-0.4, -0.2) is 17.2 Å². The van der Waals surface area contributed by atoms with Crippen LogP contribution in [0.4, 0.5) is 0 Å². The maximum atomic E-state index is 13.0. The number of phenolic OH excluding ortho intramolecular Hbond substituents is 1. The van der Waals surface area contributed by atoms with Gasteiger partial charge in [-0.3, -0.25) is 0 Å². The molecule has 0 spiro atoms. The van der Waals surface area contributed by atoms with Crippen LogP contribution in [0.2, 0.25) is 0 Å². The van der Waals surface area contributed by atoms with E-state index in [0.717, 1.165) is 36.2 Å². The minimum atomic E-state index is -0.257. The van der Waals surface area contributed by atoms with E-state index in [-0.39, 0.29) is 28.7 Å². The Bertz CT molecular complexity index is 1260. The van der Waals surface area contributed by atoms with Crippen molar-refractivity contribution in [1.29, 1.82) is 0 Å². The Morgan fingerprint density at radius 2 is 1.57 bits per heavy atom. The Kier molecular flexibility index (Phi) is 7.14. The normalized spacial score (nSPS) is 45.8. The average molecular weight is 573 g/mol. The zero-order valence-electron chi connectivity index (χ0n) is 27.5. The Labute approximate surface area is 255 Å². The van der Waals surface area contributed by atoms with Crippen LogP contribution >= 0.6 is 0 Å². The van der Waals surface area contributed by atoms with Crippen molar-refractivity contribution in [1.82, 2.24) is 0 Å². The summed E-state index contributed by atoms with van der Waals surface area (Å²) in [6, 6.07) is 6.89. The summed E-state index contributed by atoms with van der Waals surface area (Å²) in [7, 11) is 0. The highest BCUT2D eigenvalue weighted by Crippen LogP contribution is 2.77. The summed E-state index contributed by atoms with van der Waals surface area (Å²) < 4.78 is 6.22. The number of allylic oxidation sites excluding steroid dienone is 1. The molecule has 1 aromatic carbocycles. The Morgan fingerprint density at radius 3 is 2.26 bits per heavy atom. The van der Waals surface area contributed by atoms with Gasteiger partial charge in [0.25, 0.3) is 0 Å². The van der Waals surface area contributed by atoms with Crippen LogP contribution in [0.15, 0.2) is 42.5 Å². The van der Waals surface area contributed by atoms with E-state index in [1.54, 1.807) is 24.3 Å². The minimum Gasteiger partial charge on any atom is -0.508 e. The minimum absolute atomic E-state index is 0.0598. The molecule has 3 heteroatoms. The summed E-state index contributed by atoms with van der Waals surface area (Å²) in [5, 5.41) is 9.54. The van der Waals surface area contributed by atoms with E-state index in [1.807, 2.05) is 12.1 Å². The summed E-state index contributed by atoms with van der Waals surface area (Å²) in [6.45, 7) is 22.3. The molecule has 0 saturated heterocycles. The molecule has 0 amide bonds. The summed E-state index contributed by atoms with van der Waals surface area (Å²) in [6.07, 6.45) is 16.2. The van der Waals surface area contributed by atoms with Gasteiger partial charge in [-0.05, 0) is 146 Å². The Hall–Kier alpha value is -2.03.